The molecule has 0 aliphatic carbocycles. The molecule has 1 fully saturated rings. The Morgan fingerprint density at radius 2 is 1.94 bits per heavy atom. The lowest BCUT2D eigenvalue weighted by atomic mass is 9.98. The van der Waals surface area contributed by atoms with Gasteiger partial charge in [0.05, 0.1) is 5.56 Å². The quantitative estimate of drug-likeness (QED) is 0.636. The maximum absolute atomic E-state index is 13.8. The fourth-order valence-corrected chi connectivity index (χ4v) is 4.81. The van der Waals surface area contributed by atoms with Gasteiger partial charge < -0.3 is 5.32 Å². The molecule has 0 saturated carbocycles. The number of aromatic nitrogens is 1. The molecular formula is C22H22FN5O2S. The van der Waals surface area contributed by atoms with E-state index < -0.39 is 16.0 Å². The van der Waals surface area contributed by atoms with Gasteiger partial charge in [0.1, 0.15) is 11.9 Å². The molecule has 0 atom stereocenters. The molecule has 1 aromatic heterocycles. The highest BCUT2D eigenvalue weighted by atomic mass is 32.2. The molecule has 1 aliphatic rings. The van der Waals surface area contributed by atoms with Crippen LogP contribution in [0, 0.1) is 17.1 Å². The maximum atomic E-state index is 13.8. The van der Waals surface area contributed by atoms with Gasteiger partial charge in [-0.1, -0.05) is 6.07 Å². The van der Waals surface area contributed by atoms with Crippen molar-refractivity contribution in [3.8, 4) is 17.2 Å². The number of nitriles is 1. The van der Waals surface area contributed by atoms with E-state index in [1.54, 1.807) is 24.5 Å². The van der Waals surface area contributed by atoms with Gasteiger partial charge in [-0.3, -0.25) is 4.98 Å². The molecule has 0 amide bonds. The molecule has 0 unspecified atom stereocenters. The number of pyridine rings is 1. The van der Waals surface area contributed by atoms with Gasteiger partial charge in [0.15, 0.2) is 0 Å². The Morgan fingerprint density at radius 3 is 2.65 bits per heavy atom. The first kappa shape index (κ1) is 21.2. The topological polar surface area (TPSA) is 98.1 Å². The van der Waals surface area contributed by atoms with E-state index in [4.69, 9.17) is 5.26 Å². The third-order valence-corrected chi connectivity index (χ3v) is 7.15. The second-order valence-electron chi connectivity index (χ2n) is 7.45. The zero-order valence-electron chi connectivity index (χ0n) is 17.0. The van der Waals surface area contributed by atoms with Crippen LogP contribution in [0.2, 0.25) is 0 Å². The van der Waals surface area contributed by atoms with Gasteiger partial charge in [0, 0.05) is 49.6 Å². The van der Waals surface area contributed by atoms with E-state index in [0.717, 1.165) is 27.6 Å². The van der Waals surface area contributed by atoms with Crippen molar-refractivity contribution >= 4 is 26.7 Å². The van der Waals surface area contributed by atoms with Gasteiger partial charge in [0.25, 0.3) is 10.2 Å². The summed E-state index contributed by atoms with van der Waals surface area (Å²) in [6.45, 7) is 0.862. The van der Waals surface area contributed by atoms with E-state index in [-0.39, 0.29) is 11.6 Å². The lowest BCUT2D eigenvalue weighted by Crippen LogP contribution is -2.46. The van der Waals surface area contributed by atoms with Gasteiger partial charge in [-0.25, -0.2) is 9.11 Å². The normalized spacial score (nSPS) is 15.6. The van der Waals surface area contributed by atoms with Crippen molar-refractivity contribution in [3.63, 3.8) is 0 Å². The monoisotopic (exact) mass is 439 g/mol. The zero-order valence-corrected chi connectivity index (χ0v) is 17.8. The Balaban J connectivity index is 1.65. The smallest absolute Gasteiger partial charge is 0.279 e. The number of hydrogen-bond acceptors (Lipinski definition) is 5. The van der Waals surface area contributed by atoms with Crippen molar-refractivity contribution in [2.75, 3.05) is 25.5 Å². The summed E-state index contributed by atoms with van der Waals surface area (Å²) in [5.41, 5.74) is 2.47. The van der Waals surface area contributed by atoms with Crippen LogP contribution >= 0.6 is 0 Å². The second-order valence-corrected chi connectivity index (χ2v) is 9.33. The van der Waals surface area contributed by atoms with E-state index in [2.05, 4.69) is 15.0 Å². The summed E-state index contributed by atoms with van der Waals surface area (Å²) in [7, 11) is -2.00. The summed E-state index contributed by atoms with van der Waals surface area (Å²) in [6, 6.07) is 12.3. The zero-order chi connectivity index (χ0) is 22.0. The molecule has 7 nitrogen and oxygen atoms in total. The van der Waals surface area contributed by atoms with Crippen LogP contribution in [0.15, 0.2) is 48.8 Å². The predicted octanol–water partition coefficient (Wildman–Crippen LogP) is 3.25. The predicted molar refractivity (Wildman–Crippen MR) is 118 cm³/mol. The third kappa shape index (κ3) is 4.37. The first-order valence-corrected chi connectivity index (χ1v) is 11.4. The molecule has 160 valence electrons. The van der Waals surface area contributed by atoms with Crippen molar-refractivity contribution in [2.24, 2.45) is 0 Å². The van der Waals surface area contributed by atoms with Crippen molar-refractivity contribution < 1.29 is 12.8 Å². The van der Waals surface area contributed by atoms with Crippen LogP contribution in [-0.4, -0.2) is 43.9 Å². The molecule has 4 rings (SSSR count). The molecule has 9 heteroatoms. The highest BCUT2D eigenvalue weighted by Gasteiger charge is 2.27. The minimum atomic E-state index is -3.42. The number of hydrogen-bond donors (Lipinski definition) is 2. The van der Waals surface area contributed by atoms with Crippen LogP contribution in [0.4, 0.5) is 10.1 Å². The molecule has 3 aromatic rings. The summed E-state index contributed by atoms with van der Waals surface area (Å²) in [4.78, 5) is 4.23. The van der Waals surface area contributed by atoms with Gasteiger partial charge >= 0.3 is 0 Å². The Morgan fingerprint density at radius 1 is 1.16 bits per heavy atom. The van der Waals surface area contributed by atoms with Crippen LogP contribution in [0.5, 0.6) is 0 Å². The summed E-state index contributed by atoms with van der Waals surface area (Å²) in [5, 5.41) is 14.6. The number of fused-ring (bicyclic) bond motifs is 1. The largest absolute Gasteiger partial charge is 0.382 e. The number of nitrogens with one attached hydrogen (secondary N) is 2. The number of piperidine rings is 1. The first-order chi connectivity index (χ1) is 14.9. The van der Waals surface area contributed by atoms with E-state index in [9.17, 15) is 12.8 Å². The highest BCUT2D eigenvalue weighted by molar-refractivity contribution is 7.87. The molecule has 1 aliphatic heterocycles. The summed E-state index contributed by atoms with van der Waals surface area (Å²) in [5.74, 6) is -0.544. The second kappa shape index (κ2) is 8.59. The Bertz CT molecular complexity index is 1260. The molecule has 2 aromatic carbocycles. The van der Waals surface area contributed by atoms with Crippen LogP contribution in [0.1, 0.15) is 18.4 Å². The fraction of sp³-hybridized carbons (Fsp3) is 0.273. The molecule has 2 heterocycles. The Hall–Kier alpha value is -3.06. The van der Waals surface area contributed by atoms with E-state index in [1.165, 1.54) is 17.4 Å². The van der Waals surface area contributed by atoms with Gasteiger partial charge in [0.2, 0.25) is 0 Å². The standard InChI is InChI=1S/C22H22FN5O2S/c1-25-31(29,30)28-8-5-19(6-9-28)27-22-12-17(11-16-4-7-26-14-20(16)22)15-2-3-21(23)18(10-15)13-24/h2-4,7,10-12,14,19,25,27H,5-6,8-9H2,1H3. The summed E-state index contributed by atoms with van der Waals surface area (Å²) < 4.78 is 41.6. The van der Waals surface area contributed by atoms with Gasteiger partial charge in [-0.15, -0.1) is 0 Å². The van der Waals surface area contributed by atoms with Crippen molar-refractivity contribution in [3.05, 3.63) is 60.2 Å². The average Bonchev–Trinajstić information content (AvgIpc) is 2.79. The molecule has 0 radical (unpaired) electrons. The van der Waals surface area contributed by atoms with Crippen LogP contribution in [-0.2, 0) is 10.2 Å². The Labute approximate surface area is 180 Å². The van der Waals surface area contributed by atoms with E-state index >= 15 is 0 Å². The minimum Gasteiger partial charge on any atom is -0.382 e. The lowest BCUT2D eigenvalue weighted by Gasteiger charge is -2.32. The molecule has 1 saturated heterocycles. The minimum absolute atomic E-state index is 0.0000469. The maximum Gasteiger partial charge on any atom is 0.279 e. The van der Waals surface area contributed by atoms with Crippen molar-refractivity contribution in [2.45, 2.75) is 18.9 Å². The molecule has 31 heavy (non-hydrogen) atoms. The number of rotatable bonds is 5. The third-order valence-electron chi connectivity index (χ3n) is 5.59. The average molecular weight is 440 g/mol. The van der Waals surface area contributed by atoms with Crippen LogP contribution in [0.3, 0.4) is 0 Å². The summed E-state index contributed by atoms with van der Waals surface area (Å²) >= 11 is 0. The molecular weight excluding hydrogens is 417 g/mol. The molecule has 2 N–H and O–H groups in total. The number of halogens is 1. The lowest BCUT2D eigenvalue weighted by molar-refractivity contribution is 0.327. The van der Waals surface area contributed by atoms with Gasteiger partial charge in [-0.2, -0.15) is 18.0 Å². The number of anilines is 1. The van der Waals surface area contributed by atoms with Crippen LogP contribution < -0.4 is 10.0 Å². The number of benzene rings is 2. The van der Waals surface area contributed by atoms with E-state index in [0.29, 0.717) is 25.9 Å². The van der Waals surface area contributed by atoms with Gasteiger partial charge in [-0.05, 0) is 59.7 Å². The summed E-state index contributed by atoms with van der Waals surface area (Å²) in [6.07, 6.45) is 4.83. The van der Waals surface area contributed by atoms with E-state index in [1.807, 2.05) is 24.3 Å². The van der Waals surface area contributed by atoms with Crippen LogP contribution in [0.25, 0.3) is 21.9 Å². The molecule has 0 bridgehead atoms. The van der Waals surface area contributed by atoms with Crippen molar-refractivity contribution in [1.29, 1.82) is 5.26 Å². The SMILES string of the molecule is CNS(=O)(=O)N1CCC(Nc2cc(-c3ccc(F)c(C#N)c3)cc3ccncc23)CC1. The number of nitrogens with zero attached hydrogens (tertiary/aromatic N) is 3. The fourth-order valence-electron chi connectivity index (χ4n) is 3.86. The first-order valence-electron chi connectivity index (χ1n) is 9.94. The highest BCUT2D eigenvalue weighted by Crippen LogP contribution is 2.32. The molecule has 0 spiro atoms. The van der Waals surface area contributed by atoms with Crippen molar-refractivity contribution in [1.82, 2.24) is 14.0 Å². The Kier molecular flexibility index (Phi) is 5.87.